The summed E-state index contributed by atoms with van der Waals surface area (Å²) in [6.45, 7) is 0. The maximum Gasteiger partial charge on any atom is 0.251 e. The topological polar surface area (TPSA) is 75.3 Å². The van der Waals surface area contributed by atoms with Crippen LogP contribution < -0.4 is 10.0 Å². The molecule has 0 radical (unpaired) electrons. The first kappa shape index (κ1) is 14.1. The fourth-order valence-electron chi connectivity index (χ4n) is 1.55. The van der Waals surface area contributed by atoms with Crippen molar-refractivity contribution < 1.29 is 13.2 Å². The molecule has 0 aromatic heterocycles. The Hall–Kier alpha value is -1.27. The van der Waals surface area contributed by atoms with Gasteiger partial charge in [-0.3, -0.25) is 9.52 Å². The highest BCUT2D eigenvalue weighted by molar-refractivity contribution is 7.92. The van der Waals surface area contributed by atoms with Gasteiger partial charge in [0.1, 0.15) is 0 Å². The molecule has 7 heteroatoms. The number of hydrogen-bond donors (Lipinski definition) is 2. The van der Waals surface area contributed by atoms with Crippen molar-refractivity contribution in [3.05, 3.63) is 29.8 Å². The number of rotatable bonds is 6. The number of alkyl halides is 1. The van der Waals surface area contributed by atoms with Crippen LogP contribution >= 0.6 is 11.6 Å². The van der Waals surface area contributed by atoms with E-state index in [4.69, 9.17) is 11.6 Å². The smallest absolute Gasteiger partial charge is 0.251 e. The van der Waals surface area contributed by atoms with Gasteiger partial charge in [-0.05, 0) is 31.0 Å². The van der Waals surface area contributed by atoms with Crippen LogP contribution in [0.5, 0.6) is 0 Å². The molecule has 5 nitrogen and oxygen atoms in total. The van der Waals surface area contributed by atoms with Gasteiger partial charge in [0.15, 0.2) is 0 Å². The van der Waals surface area contributed by atoms with Crippen molar-refractivity contribution in [1.82, 2.24) is 5.32 Å². The van der Waals surface area contributed by atoms with E-state index in [0.29, 0.717) is 11.3 Å². The van der Waals surface area contributed by atoms with E-state index in [1.165, 1.54) is 6.07 Å². The predicted molar refractivity (Wildman–Crippen MR) is 75.1 cm³/mol. The SMILES string of the molecule is O=C(NC1CC1)c1cccc(NS(=O)(=O)CCCl)c1. The number of sulfonamides is 1. The van der Waals surface area contributed by atoms with Crippen LogP contribution in [0.15, 0.2) is 24.3 Å². The van der Waals surface area contributed by atoms with E-state index >= 15 is 0 Å². The van der Waals surface area contributed by atoms with Crippen LogP contribution in [-0.2, 0) is 10.0 Å². The van der Waals surface area contributed by atoms with Crippen LogP contribution in [0.3, 0.4) is 0 Å². The lowest BCUT2D eigenvalue weighted by atomic mass is 10.2. The first-order valence-electron chi connectivity index (χ1n) is 5.97. The number of nitrogens with one attached hydrogen (secondary N) is 2. The van der Waals surface area contributed by atoms with E-state index in [9.17, 15) is 13.2 Å². The molecular formula is C12H15ClN2O3S. The van der Waals surface area contributed by atoms with Gasteiger partial charge in [0.2, 0.25) is 10.0 Å². The van der Waals surface area contributed by atoms with Crippen molar-refractivity contribution in [3.63, 3.8) is 0 Å². The molecule has 0 heterocycles. The summed E-state index contributed by atoms with van der Waals surface area (Å²) in [5, 5.41) is 2.85. The molecule has 2 rings (SSSR count). The highest BCUT2D eigenvalue weighted by atomic mass is 35.5. The van der Waals surface area contributed by atoms with Gasteiger partial charge < -0.3 is 5.32 Å². The third kappa shape index (κ3) is 4.40. The monoisotopic (exact) mass is 302 g/mol. The number of anilines is 1. The van der Waals surface area contributed by atoms with Crippen LogP contribution in [0.2, 0.25) is 0 Å². The lowest BCUT2D eigenvalue weighted by Crippen LogP contribution is -2.25. The normalized spacial score (nSPS) is 15.0. The van der Waals surface area contributed by atoms with Crippen molar-refractivity contribution in [2.75, 3.05) is 16.4 Å². The number of benzene rings is 1. The summed E-state index contributed by atoms with van der Waals surface area (Å²) < 4.78 is 25.5. The summed E-state index contributed by atoms with van der Waals surface area (Å²) in [4.78, 5) is 11.8. The first-order chi connectivity index (χ1) is 9.00. The molecule has 0 saturated heterocycles. The Morgan fingerprint density at radius 2 is 2.11 bits per heavy atom. The zero-order valence-electron chi connectivity index (χ0n) is 10.2. The highest BCUT2D eigenvalue weighted by Gasteiger charge is 2.23. The maximum atomic E-state index is 11.8. The Morgan fingerprint density at radius 1 is 1.37 bits per heavy atom. The third-order valence-electron chi connectivity index (χ3n) is 2.66. The predicted octanol–water partition coefficient (Wildman–Crippen LogP) is 1.56. The van der Waals surface area contributed by atoms with Gasteiger partial charge in [0.05, 0.1) is 5.75 Å². The second-order valence-corrected chi connectivity index (χ2v) is 6.66. The summed E-state index contributed by atoms with van der Waals surface area (Å²) in [5.74, 6) is -0.314. The van der Waals surface area contributed by atoms with Crippen molar-refractivity contribution in [3.8, 4) is 0 Å². The van der Waals surface area contributed by atoms with Crippen LogP contribution in [0.25, 0.3) is 0 Å². The van der Waals surface area contributed by atoms with Gasteiger partial charge in [-0.1, -0.05) is 6.07 Å². The molecule has 1 aromatic carbocycles. The zero-order valence-corrected chi connectivity index (χ0v) is 11.8. The molecule has 0 bridgehead atoms. The lowest BCUT2D eigenvalue weighted by Gasteiger charge is -2.08. The summed E-state index contributed by atoms with van der Waals surface area (Å²) in [7, 11) is -3.45. The summed E-state index contributed by atoms with van der Waals surface area (Å²) in [6, 6.07) is 6.67. The van der Waals surface area contributed by atoms with Crippen LogP contribution in [0, 0.1) is 0 Å². The second-order valence-electron chi connectivity index (χ2n) is 4.44. The lowest BCUT2D eigenvalue weighted by molar-refractivity contribution is 0.0951. The highest BCUT2D eigenvalue weighted by Crippen LogP contribution is 2.20. The average molecular weight is 303 g/mol. The van der Waals surface area contributed by atoms with Crippen molar-refractivity contribution in [2.45, 2.75) is 18.9 Å². The zero-order chi connectivity index (χ0) is 13.9. The first-order valence-corrected chi connectivity index (χ1v) is 8.16. The molecule has 1 aromatic rings. The molecule has 2 N–H and O–H groups in total. The van der Waals surface area contributed by atoms with Crippen molar-refractivity contribution in [2.24, 2.45) is 0 Å². The molecular weight excluding hydrogens is 288 g/mol. The number of halogens is 1. The molecule has 1 saturated carbocycles. The van der Waals surface area contributed by atoms with E-state index in [2.05, 4.69) is 10.0 Å². The minimum Gasteiger partial charge on any atom is -0.349 e. The van der Waals surface area contributed by atoms with E-state index in [0.717, 1.165) is 12.8 Å². The van der Waals surface area contributed by atoms with Crippen molar-refractivity contribution >= 4 is 33.2 Å². The molecule has 0 unspecified atom stereocenters. The quantitative estimate of drug-likeness (QED) is 0.783. The Labute approximate surface area is 117 Å². The van der Waals surface area contributed by atoms with Gasteiger partial charge >= 0.3 is 0 Å². The van der Waals surface area contributed by atoms with Gasteiger partial charge in [-0.25, -0.2) is 8.42 Å². The fourth-order valence-corrected chi connectivity index (χ4v) is 2.95. The van der Waals surface area contributed by atoms with Gasteiger partial charge in [-0.15, -0.1) is 11.6 Å². The Kier molecular flexibility index (Phi) is 4.31. The summed E-state index contributed by atoms with van der Waals surface area (Å²) >= 11 is 5.41. The number of hydrogen-bond acceptors (Lipinski definition) is 3. The molecule has 104 valence electrons. The van der Waals surface area contributed by atoms with E-state index < -0.39 is 10.0 Å². The van der Waals surface area contributed by atoms with Crippen LogP contribution in [0.1, 0.15) is 23.2 Å². The minimum atomic E-state index is -3.45. The Morgan fingerprint density at radius 3 is 2.74 bits per heavy atom. The molecule has 1 amide bonds. The van der Waals surface area contributed by atoms with E-state index in [1.807, 2.05) is 0 Å². The largest absolute Gasteiger partial charge is 0.349 e. The Bertz CT molecular complexity index is 570. The molecule has 0 spiro atoms. The van der Waals surface area contributed by atoms with Crippen LogP contribution in [-0.4, -0.2) is 32.0 Å². The second kappa shape index (κ2) is 5.79. The number of amides is 1. The molecule has 1 fully saturated rings. The molecule has 1 aliphatic rings. The van der Waals surface area contributed by atoms with Crippen molar-refractivity contribution in [1.29, 1.82) is 0 Å². The number of carbonyl (C=O) groups is 1. The van der Waals surface area contributed by atoms with E-state index in [1.54, 1.807) is 18.2 Å². The Balaban J connectivity index is 2.08. The van der Waals surface area contributed by atoms with Crippen LogP contribution in [0.4, 0.5) is 5.69 Å². The summed E-state index contributed by atoms with van der Waals surface area (Å²) in [6.07, 6.45) is 2.02. The minimum absolute atomic E-state index is 0.0250. The van der Waals surface area contributed by atoms with Gasteiger partial charge in [0.25, 0.3) is 5.91 Å². The van der Waals surface area contributed by atoms with E-state index in [-0.39, 0.29) is 23.6 Å². The molecule has 0 aliphatic heterocycles. The van der Waals surface area contributed by atoms with Gasteiger partial charge in [-0.2, -0.15) is 0 Å². The average Bonchev–Trinajstić information content (AvgIpc) is 3.12. The maximum absolute atomic E-state index is 11.8. The van der Waals surface area contributed by atoms with Gasteiger partial charge in [0, 0.05) is 23.2 Å². The number of carbonyl (C=O) groups excluding carboxylic acids is 1. The standard InChI is InChI=1S/C12H15ClN2O3S/c13-6-7-19(17,18)15-11-3-1-2-9(8-11)12(16)14-10-4-5-10/h1-3,8,10,15H,4-7H2,(H,14,16). The third-order valence-corrected chi connectivity index (χ3v) is 4.36. The molecule has 0 atom stereocenters. The molecule has 19 heavy (non-hydrogen) atoms. The fraction of sp³-hybridized carbons (Fsp3) is 0.417. The molecule has 1 aliphatic carbocycles. The summed E-state index contributed by atoms with van der Waals surface area (Å²) in [5.41, 5.74) is 0.812.